The lowest BCUT2D eigenvalue weighted by atomic mass is 10.2. The molecule has 0 amide bonds. The largest absolute Gasteiger partial charge is 0.314 e. The van der Waals surface area contributed by atoms with Gasteiger partial charge < -0.3 is 4.57 Å². The number of aryl methyl sites for hydroxylation is 2. The van der Waals surface area contributed by atoms with Crippen LogP contribution in [0.2, 0.25) is 0 Å². The summed E-state index contributed by atoms with van der Waals surface area (Å²) in [6, 6.07) is 3.98. The Bertz CT molecular complexity index is 442. The van der Waals surface area contributed by atoms with Gasteiger partial charge in [0.1, 0.15) is 5.82 Å². The summed E-state index contributed by atoms with van der Waals surface area (Å²) in [4.78, 5) is 4.22. The van der Waals surface area contributed by atoms with E-state index in [2.05, 4.69) is 15.2 Å². The molecule has 0 atom stereocenters. The molecule has 14 heavy (non-hydrogen) atoms. The Balaban J connectivity index is 2.49. The van der Waals surface area contributed by atoms with Crippen LogP contribution < -0.4 is 0 Å². The molecule has 0 bridgehead atoms. The van der Waals surface area contributed by atoms with Crippen LogP contribution in [0.1, 0.15) is 11.5 Å². The van der Waals surface area contributed by atoms with E-state index >= 15 is 0 Å². The van der Waals surface area contributed by atoms with Crippen LogP contribution in [0.25, 0.3) is 11.4 Å². The Kier molecular flexibility index (Phi) is 2.04. The van der Waals surface area contributed by atoms with Crippen molar-refractivity contribution >= 4 is 0 Å². The molecule has 0 radical (unpaired) electrons. The zero-order chi connectivity index (χ0) is 10.1. The molecule has 2 aromatic rings. The van der Waals surface area contributed by atoms with Crippen molar-refractivity contribution in [3.8, 4) is 11.4 Å². The molecular weight excluding hydrogens is 176 g/mol. The lowest BCUT2D eigenvalue weighted by Gasteiger charge is -2.00. The van der Waals surface area contributed by atoms with E-state index in [4.69, 9.17) is 0 Å². The van der Waals surface area contributed by atoms with Crippen molar-refractivity contribution in [2.45, 2.75) is 13.8 Å². The summed E-state index contributed by atoms with van der Waals surface area (Å²) in [6.07, 6.45) is 1.82. The molecule has 2 heterocycles. The summed E-state index contributed by atoms with van der Waals surface area (Å²) in [7, 11) is 1.95. The molecule has 0 aliphatic carbocycles. The summed E-state index contributed by atoms with van der Waals surface area (Å²) >= 11 is 0. The summed E-state index contributed by atoms with van der Waals surface area (Å²) in [5, 5.41) is 8.09. The van der Waals surface area contributed by atoms with Gasteiger partial charge in [0.25, 0.3) is 0 Å². The van der Waals surface area contributed by atoms with Gasteiger partial charge in [0.2, 0.25) is 0 Å². The number of aromatic nitrogens is 4. The minimum absolute atomic E-state index is 0.856. The number of rotatable bonds is 1. The summed E-state index contributed by atoms with van der Waals surface area (Å²) in [5.74, 6) is 1.76. The average Bonchev–Trinajstić information content (AvgIpc) is 2.50. The molecule has 0 aliphatic rings. The van der Waals surface area contributed by atoms with Gasteiger partial charge in [-0.2, -0.15) is 0 Å². The van der Waals surface area contributed by atoms with Gasteiger partial charge in [-0.1, -0.05) is 0 Å². The highest BCUT2D eigenvalue weighted by Crippen LogP contribution is 2.15. The smallest absolute Gasteiger partial charge is 0.165 e. The van der Waals surface area contributed by atoms with Crippen LogP contribution in [0.3, 0.4) is 0 Å². The van der Waals surface area contributed by atoms with Gasteiger partial charge in [0.15, 0.2) is 5.82 Å². The fourth-order valence-corrected chi connectivity index (χ4v) is 1.26. The summed E-state index contributed by atoms with van der Waals surface area (Å²) in [5.41, 5.74) is 2.01. The highest BCUT2D eigenvalue weighted by atomic mass is 15.3. The molecule has 0 spiro atoms. The van der Waals surface area contributed by atoms with Crippen molar-refractivity contribution in [3.63, 3.8) is 0 Å². The Morgan fingerprint density at radius 1 is 1.14 bits per heavy atom. The van der Waals surface area contributed by atoms with E-state index < -0.39 is 0 Å². The van der Waals surface area contributed by atoms with E-state index in [-0.39, 0.29) is 0 Å². The number of pyridine rings is 1. The maximum Gasteiger partial charge on any atom is 0.165 e. The predicted octanol–water partition coefficient (Wildman–Crippen LogP) is 1.49. The zero-order valence-electron chi connectivity index (χ0n) is 8.52. The Labute approximate surface area is 82.6 Å². The standard InChI is InChI=1S/C10H12N4/c1-7-4-5-9(6-11-7)10-13-12-8(2)14(10)3/h4-6H,1-3H3. The zero-order valence-corrected chi connectivity index (χ0v) is 8.52. The van der Waals surface area contributed by atoms with Gasteiger partial charge in [0.05, 0.1) is 0 Å². The van der Waals surface area contributed by atoms with Crippen LogP contribution in [0, 0.1) is 13.8 Å². The molecule has 0 N–H and O–H groups in total. The van der Waals surface area contributed by atoms with Crippen molar-refractivity contribution in [3.05, 3.63) is 29.8 Å². The maximum absolute atomic E-state index is 4.22. The Morgan fingerprint density at radius 3 is 2.43 bits per heavy atom. The van der Waals surface area contributed by atoms with Gasteiger partial charge in [0, 0.05) is 24.5 Å². The minimum Gasteiger partial charge on any atom is -0.314 e. The topological polar surface area (TPSA) is 43.6 Å². The molecule has 0 fully saturated rings. The first-order chi connectivity index (χ1) is 6.68. The van der Waals surface area contributed by atoms with Crippen LogP contribution in [0.5, 0.6) is 0 Å². The van der Waals surface area contributed by atoms with E-state index in [1.807, 2.05) is 43.8 Å². The van der Waals surface area contributed by atoms with Crippen LogP contribution in [0.4, 0.5) is 0 Å². The van der Waals surface area contributed by atoms with Crippen molar-refractivity contribution in [1.29, 1.82) is 0 Å². The van der Waals surface area contributed by atoms with Gasteiger partial charge in [-0.05, 0) is 26.0 Å². The Morgan fingerprint density at radius 2 is 1.93 bits per heavy atom. The van der Waals surface area contributed by atoms with Crippen LogP contribution in [0.15, 0.2) is 18.3 Å². The van der Waals surface area contributed by atoms with Crippen molar-refractivity contribution < 1.29 is 0 Å². The molecule has 0 unspecified atom stereocenters. The molecule has 4 heteroatoms. The highest BCUT2D eigenvalue weighted by Gasteiger charge is 2.06. The first kappa shape index (κ1) is 8.87. The molecule has 4 nitrogen and oxygen atoms in total. The third-order valence-corrected chi connectivity index (χ3v) is 2.26. The van der Waals surface area contributed by atoms with Gasteiger partial charge in [-0.3, -0.25) is 4.98 Å². The molecule has 0 saturated carbocycles. The number of nitrogens with zero attached hydrogens (tertiary/aromatic N) is 4. The monoisotopic (exact) mass is 188 g/mol. The molecule has 0 aromatic carbocycles. The van der Waals surface area contributed by atoms with Crippen molar-refractivity contribution in [2.24, 2.45) is 7.05 Å². The van der Waals surface area contributed by atoms with Crippen LogP contribution in [-0.4, -0.2) is 19.7 Å². The third kappa shape index (κ3) is 1.39. The molecule has 0 saturated heterocycles. The van der Waals surface area contributed by atoms with Crippen LogP contribution >= 0.6 is 0 Å². The second-order valence-corrected chi connectivity index (χ2v) is 3.32. The second-order valence-electron chi connectivity index (χ2n) is 3.32. The lowest BCUT2D eigenvalue weighted by molar-refractivity contribution is 0.864. The molecule has 0 aliphatic heterocycles. The first-order valence-electron chi connectivity index (χ1n) is 4.47. The second kappa shape index (κ2) is 3.21. The maximum atomic E-state index is 4.22. The van der Waals surface area contributed by atoms with E-state index in [0.29, 0.717) is 0 Å². The quantitative estimate of drug-likeness (QED) is 0.681. The molecule has 72 valence electrons. The van der Waals surface area contributed by atoms with Gasteiger partial charge in [-0.25, -0.2) is 0 Å². The van der Waals surface area contributed by atoms with Crippen LogP contribution in [-0.2, 0) is 7.05 Å². The fraction of sp³-hybridized carbons (Fsp3) is 0.300. The van der Waals surface area contributed by atoms with E-state index in [1.54, 1.807) is 0 Å². The summed E-state index contributed by atoms with van der Waals surface area (Å²) in [6.45, 7) is 3.89. The van der Waals surface area contributed by atoms with Gasteiger partial charge >= 0.3 is 0 Å². The Hall–Kier alpha value is -1.71. The third-order valence-electron chi connectivity index (χ3n) is 2.26. The molecule has 2 rings (SSSR count). The lowest BCUT2D eigenvalue weighted by Crippen LogP contribution is -1.95. The van der Waals surface area contributed by atoms with E-state index in [0.717, 1.165) is 22.9 Å². The van der Waals surface area contributed by atoms with E-state index in [1.165, 1.54) is 0 Å². The number of hydrogen-bond acceptors (Lipinski definition) is 3. The van der Waals surface area contributed by atoms with Gasteiger partial charge in [-0.15, -0.1) is 10.2 Å². The average molecular weight is 188 g/mol. The SMILES string of the molecule is Cc1ccc(-c2nnc(C)n2C)cn1. The molecule has 2 aromatic heterocycles. The fourth-order valence-electron chi connectivity index (χ4n) is 1.26. The minimum atomic E-state index is 0.856. The van der Waals surface area contributed by atoms with Crippen molar-refractivity contribution in [1.82, 2.24) is 19.7 Å². The highest BCUT2D eigenvalue weighted by molar-refractivity contribution is 5.53. The normalized spacial score (nSPS) is 10.5. The van der Waals surface area contributed by atoms with E-state index in [9.17, 15) is 0 Å². The van der Waals surface area contributed by atoms with Crippen molar-refractivity contribution in [2.75, 3.05) is 0 Å². The first-order valence-corrected chi connectivity index (χ1v) is 4.47. The predicted molar refractivity (Wildman–Crippen MR) is 53.7 cm³/mol. The summed E-state index contributed by atoms with van der Waals surface area (Å²) < 4.78 is 1.95. The number of hydrogen-bond donors (Lipinski definition) is 0. The molecular formula is C10H12N4.